The molecule has 24 heavy (non-hydrogen) atoms. The van der Waals surface area contributed by atoms with Crippen molar-refractivity contribution in [2.24, 2.45) is 5.92 Å². The van der Waals surface area contributed by atoms with Crippen LogP contribution in [-0.4, -0.2) is 18.9 Å². The molecule has 0 spiro atoms. The molecule has 122 valence electrons. The van der Waals surface area contributed by atoms with Crippen LogP contribution in [0, 0.1) is 12.8 Å². The molecule has 1 aliphatic heterocycles. The predicted octanol–water partition coefficient (Wildman–Crippen LogP) is 3.73. The zero-order chi connectivity index (χ0) is 16.8. The third-order valence-electron chi connectivity index (χ3n) is 4.43. The molecule has 2 aliphatic rings. The molecule has 5 heteroatoms. The molecule has 1 fully saturated rings. The Balaban J connectivity index is 1.71. The number of fused-ring (bicyclic) bond motifs is 2. The van der Waals surface area contributed by atoms with Gasteiger partial charge >= 0.3 is 0 Å². The van der Waals surface area contributed by atoms with E-state index in [9.17, 15) is 9.59 Å². The second kappa shape index (κ2) is 5.37. The van der Waals surface area contributed by atoms with E-state index in [1.165, 1.54) is 0 Å². The van der Waals surface area contributed by atoms with Crippen molar-refractivity contribution in [3.63, 3.8) is 0 Å². The zero-order valence-corrected chi connectivity index (χ0v) is 13.6. The second-order valence-electron chi connectivity index (χ2n) is 6.41. The highest BCUT2D eigenvalue weighted by molar-refractivity contribution is 6.10. The second-order valence-corrected chi connectivity index (χ2v) is 6.41. The van der Waals surface area contributed by atoms with E-state index in [0.29, 0.717) is 22.7 Å². The number of amides is 2. The number of carbonyl (C=O) groups is 2. The maximum Gasteiger partial charge on any atom is 0.261 e. The third kappa shape index (κ3) is 2.52. The number of hydrogen-bond donors (Lipinski definition) is 1. The van der Waals surface area contributed by atoms with Crippen molar-refractivity contribution in [2.75, 3.05) is 17.3 Å². The lowest BCUT2D eigenvalue weighted by molar-refractivity contribution is -0.117. The molecule has 2 aromatic carbocycles. The van der Waals surface area contributed by atoms with Gasteiger partial charge in [-0.05, 0) is 55.7 Å². The van der Waals surface area contributed by atoms with E-state index in [-0.39, 0.29) is 17.7 Å². The number of benzene rings is 2. The first-order valence-electron chi connectivity index (χ1n) is 8.04. The maximum absolute atomic E-state index is 12.8. The van der Waals surface area contributed by atoms with E-state index in [1.807, 2.05) is 25.1 Å². The topological polar surface area (TPSA) is 58.6 Å². The van der Waals surface area contributed by atoms with E-state index < -0.39 is 0 Å². The molecule has 1 N–H and O–H groups in total. The summed E-state index contributed by atoms with van der Waals surface area (Å²) in [6.07, 6.45) is 1.88. The average Bonchev–Trinajstić information content (AvgIpc) is 3.41. The number of carbonyl (C=O) groups excluding carboxylic acids is 2. The fourth-order valence-electron chi connectivity index (χ4n) is 2.84. The smallest absolute Gasteiger partial charge is 0.261 e. The first-order valence-corrected chi connectivity index (χ1v) is 8.04. The van der Waals surface area contributed by atoms with Crippen molar-refractivity contribution in [1.29, 1.82) is 0 Å². The molecule has 0 radical (unpaired) electrons. The van der Waals surface area contributed by atoms with Crippen LogP contribution in [0.3, 0.4) is 0 Å². The monoisotopic (exact) mass is 322 g/mol. The van der Waals surface area contributed by atoms with Crippen LogP contribution in [0.2, 0.25) is 0 Å². The summed E-state index contributed by atoms with van der Waals surface area (Å²) in [5.74, 6) is 1.12. The van der Waals surface area contributed by atoms with Gasteiger partial charge in [0.2, 0.25) is 5.91 Å². The van der Waals surface area contributed by atoms with Gasteiger partial charge < -0.3 is 15.0 Å². The zero-order valence-electron chi connectivity index (χ0n) is 13.6. The summed E-state index contributed by atoms with van der Waals surface area (Å²) in [5, 5.41) is 2.87. The first kappa shape index (κ1) is 14.8. The lowest BCUT2D eigenvalue weighted by Gasteiger charge is -2.16. The summed E-state index contributed by atoms with van der Waals surface area (Å²) in [5.41, 5.74) is 2.86. The van der Waals surface area contributed by atoms with E-state index >= 15 is 0 Å². The largest absolute Gasteiger partial charge is 0.454 e. The fraction of sp³-hybridized carbons (Fsp3) is 0.263. The molecule has 0 unspecified atom stereocenters. The van der Waals surface area contributed by atoms with Gasteiger partial charge in [-0.1, -0.05) is 6.07 Å². The van der Waals surface area contributed by atoms with Gasteiger partial charge in [0.25, 0.3) is 5.91 Å². The number of anilines is 2. The van der Waals surface area contributed by atoms with E-state index in [1.54, 1.807) is 30.1 Å². The van der Waals surface area contributed by atoms with Crippen molar-refractivity contribution in [3.8, 4) is 11.5 Å². The highest BCUT2D eigenvalue weighted by Crippen LogP contribution is 2.39. The Morgan fingerprint density at radius 2 is 1.92 bits per heavy atom. The molecule has 5 nitrogen and oxygen atoms in total. The van der Waals surface area contributed by atoms with Crippen LogP contribution in [-0.2, 0) is 4.79 Å². The standard InChI is InChI=1S/C19H18N2O3/c1-11-3-7-17-15(9-11)21(2)19(23)14-10-13(6-8-16(14)24-17)20-18(22)12-4-5-12/h3,6-10,12H,4-5H2,1-2H3,(H,20,22). The number of aryl methyl sites for hydroxylation is 1. The van der Waals surface area contributed by atoms with Crippen molar-refractivity contribution < 1.29 is 14.3 Å². The number of nitrogens with zero attached hydrogens (tertiary/aromatic N) is 1. The quantitative estimate of drug-likeness (QED) is 0.916. The minimum absolute atomic E-state index is 0.0178. The van der Waals surface area contributed by atoms with Crippen LogP contribution >= 0.6 is 0 Å². The lowest BCUT2D eigenvalue weighted by atomic mass is 10.1. The van der Waals surface area contributed by atoms with Gasteiger partial charge in [-0.15, -0.1) is 0 Å². The van der Waals surface area contributed by atoms with Crippen LogP contribution in [0.15, 0.2) is 36.4 Å². The molecule has 4 rings (SSSR count). The molecule has 1 aliphatic carbocycles. The molecule has 0 saturated heterocycles. The molecule has 0 bridgehead atoms. The third-order valence-corrected chi connectivity index (χ3v) is 4.43. The Morgan fingerprint density at radius 1 is 1.17 bits per heavy atom. The van der Waals surface area contributed by atoms with Gasteiger partial charge in [0.1, 0.15) is 5.75 Å². The maximum atomic E-state index is 12.8. The molecule has 1 saturated carbocycles. The molecule has 1 heterocycles. The summed E-state index contributed by atoms with van der Waals surface area (Å²) in [7, 11) is 1.73. The van der Waals surface area contributed by atoms with E-state index in [2.05, 4.69) is 5.32 Å². The van der Waals surface area contributed by atoms with Gasteiger partial charge in [0.15, 0.2) is 5.75 Å². The van der Waals surface area contributed by atoms with Crippen molar-refractivity contribution in [3.05, 3.63) is 47.5 Å². The Kier molecular flexibility index (Phi) is 3.30. The van der Waals surface area contributed by atoms with Crippen LogP contribution in [0.4, 0.5) is 11.4 Å². The van der Waals surface area contributed by atoms with Crippen molar-refractivity contribution >= 4 is 23.2 Å². The molecule has 2 aromatic rings. The Bertz CT molecular complexity index is 856. The Labute approximate surface area is 140 Å². The number of ether oxygens (including phenoxy) is 1. The summed E-state index contributed by atoms with van der Waals surface area (Å²) >= 11 is 0. The minimum atomic E-state index is -0.156. The average molecular weight is 322 g/mol. The summed E-state index contributed by atoms with van der Waals surface area (Å²) < 4.78 is 5.94. The van der Waals surface area contributed by atoms with Gasteiger partial charge in [0.05, 0.1) is 11.3 Å². The molecular weight excluding hydrogens is 304 g/mol. The van der Waals surface area contributed by atoms with Gasteiger partial charge in [-0.2, -0.15) is 0 Å². The molecule has 0 atom stereocenters. The fourth-order valence-corrected chi connectivity index (χ4v) is 2.84. The lowest BCUT2D eigenvalue weighted by Crippen LogP contribution is -2.25. The highest BCUT2D eigenvalue weighted by atomic mass is 16.5. The predicted molar refractivity (Wildman–Crippen MR) is 91.8 cm³/mol. The number of nitrogens with one attached hydrogen (secondary N) is 1. The SMILES string of the molecule is Cc1ccc2c(c1)N(C)C(=O)c1cc(NC(=O)C3CC3)ccc1O2. The van der Waals surface area contributed by atoms with E-state index in [0.717, 1.165) is 24.1 Å². The molecule has 0 aromatic heterocycles. The van der Waals surface area contributed by atoms with Crippen LogP contribution in [0.1, 0.15) is 28.8 Å². The van der Waals surface area contributed by atoms with E-state index in [4.69, 9.17) is 4.74 Å². The summed E-state index contributed by atoms with van der Waals surface area (Å²) in [6, 6.07) is 10.9. The molecular formula is C19H18N2O3. The van der Waals surface area contributed by atoms with Crippen molar-refractivity contribution in [1.82, 2.24) is 0 Å². The summed E-state index contributed by atoms with van der Waals surface area (Å²) in [4.78, 5) is 26.3. The Morgan fingerprint density at radius 3 is 2.67 bits per heavy atom. The normalized spacial score (nSPS) is 15.9. The van der Waals surface area contributed by atoms with Crippen molar-refractivity contribution in [2.45, 2.75) is 19.8 Å². The molecule has 2 amide bonds. The van der Waals surface area contributed by atoms with Gasteiger partial charge in [0, 0.05) is 18.7 Å². The van der Waals surface area contributed by atoms with Crippen LogP contribution in [0.5, 0.6) is 11.5 Å². The number of hydrogen-bond acceptors (Lipinski definition) is 3. The number of rotatable bonds is 2. The Hall–Kier alpha value is -2.82. The highest BCUT2D eigenvalue weighted by Gasteiger charge is 2.30. The summed E-state index contributed by atoms with van der Waals surface area (Å²) in [6.45, 7) is 1.97. The van der Waals surface area contributed by atoms with Gasteiger partial charge in [-0.25, -0.2) is 0 Å². The van der Waals surface area contributed by atoms with Gasteiger partial charge in [-0.3, -0.25) is 9.59 Å². The first-order chi connectivity index (χ1) is 11.5. The van der Waals surface area contributed by atoms with Crippen LogP contribution < -0.4 is 15.0 Å². The minimum Gasteiger partial charge on any atom is -0.454 e. The van der Waals surface area contributed by atoms with Crippen LogP contribution in [0.25, 0.3) is 0 Å².